The molecule has 1 N–H and O–H groups in total. The maximum Gasteiger partial charge on any atom is 0.341 e. The second-order valence-electron chi connectivity index (χ2n) is 7.28. The van der Waals surface area contributed by atoms with Gasteiger partial charge in [-0.1, -0.05) is 29.8 Å². The zero-order valence-corrected chi connectivity index (χ0v) is 15.8. The van der Waals surface area contributed by atoms with Gasteiger partial charge in [0.05, 0.1) is 5.38 Å². The maximum atomic E-state index is 12.8. The smallest absolute Gasteiger partial charge is 0.341 e. The first-order chi connectivity index (χ1) is 11.4. The van der Waals surface area contributed by atoms with Crippen LogP contribution in [0.1, 0.15) is 44.2 Å². The molecule has 0 unspecified atom stereocenters. The fourth-order valence-electron chi connectivity index (χ4n) is 2.70. The summed E-state index contributed by atoms with van der Waals surface area (Å²) in [5, 5.41) is 10.1. The lowest BCUT2D eigenvalue weighted by molar-refractivity contribution is -0.185. The molecule has 1 aromatic rings. The molecule has 2 rings (SSSR count). The van der Waals surface area contributed by atoms with Crippen molar-refractivity contribution in [1.29, 1.82) is 0 Å². The molecule has 3 atom stereocenters. The van der Waals surface area contributed by atoms with Gasteiger partial charge in [-0.15, -0.1) is 11.6 Å². The molecule has 6 heteroatoms. The number of hydrogen-bond donors (Lipinski definition) is 1. The van der Waals surface area contributed by atoms with Crippen molar-refractivity contribution in [2.75, 3.05) is 0 Å². The van der Waals surface area contributed by atoms with Crippen LogP contribution in [0.3, 0.4) is 0 Å². The average molecular weight is 367 g/mol. The van der Waals surface area contributed by atoms with Gasteiger partial charge in [-0.2, -0.15) is 0 Å². The van der Waals surface area contributed by atoms with E-state index in [0.29, 0.717) is 11.3 Å². The highest BCUT2D eigenvalue weighted by molar-refractivity contribution is 6.23. The number of alkyl halides is 1. The van der Waals surface area contributed by atoms with E-state index < -0.39 is 34.4 Å². The number of cyclic esters (lactones) is 1. The molecular weight excluding hydrogens is 344 g/mol. The molecule has 5 nitrogen and oxygen atoms in total. The van der Waals surface area contributed by atoms with Gasteiger partial charge in [0, 0.05) is 0 Å². The zero-order chi connectivity index (χ0) is 19.0. The predicted molar refractivity (Wildman–Crippen MR) is 93.9 cm³/mol. The minimum absolute atomic E-state index is 0.310. The Kier molecular flexibility index (Phi) is 5.30. The van der Waals surface area contributed by atoms with Gasteiger partial charge in [0.2, 0.25) is 0 Å². The Balaban J connectivity index is 2.52. The molecule has 0 radical (unpaired) electrons. The van der Waals surface area contributed by atoms with Gasteiger partial charge in [0.1, 0.15) is 17.3 Å². The molecule has 0 amide bonds. The van der Waals surface area contributed by atoms with E-state index >= 15 is 0 Å². The molecule has 1 aliphatic heterocycles. The number of rotatable bonds is 4. The Morgan fingerprint density at radius 2 is 1.96 bits per heavy atom. The highest BCUT2D eigenvalue weighted by Crippen LogP contribution is 2.43. The van der Waals surface area contributed by atoms with E-state index in [4.69, 9.17) is 21.1 Å². The average Bonchev–Trinajstić information content (AvgIpc) is 2.83. The lowest BCUT2D eigenvalue weighted by Crippen LogP contribution is -2.53. The molecule has 0 saturated carbocycles. The number of aryl methyl sites for hydroxylation is 1. The van der Waals surface area contributed by atoms with Gasteiger partial charge in [0.15, 0.2) is 5.60 Å². The van der Waals surface area contributed by atoms with Crippen molar-refractivity contribution in [3.8, 4) is 0 Å². The number of ether oxygens (including phenoxy) is 2. The second kappa shape index (κ2) is 6.81. The first-order valence-corrected chi connectivity index (χ1v) is 8.45. The van der Waals surface area contributed by atoms with Gasteiger partial charge < -0.3 is 14.6 Å². The molecule has 0 aliphatic carbocycles. The van der Waals surface area contributed by atoms with Crippen molar-refractivity contribution < 1.29 is 24.2 Å². The summed E-state index contributed by atoms with van der Waals surface area (Å²) in [6.07, 6.45) is 1.40. The number of hydrogen-bond acceptors (Lipinski definition) is 5. The third-order valence-corrected chi connectivity index (χ3v) is 4.42. The molecule has 0 bridgehead atoms. The Bertz CT molecular complexity index is 719. The van der Waals surface area contributed by atoms with Gasteiger partial charge in [-0.25, -0.2) is 4.79 Å². The van der Waals surface area contributed by atoms with Gasteiger partial charge in [0.25, 0.3) is 0 Å². The molecule has 1 aliphatic rings. The van der Waals surface area contributed by atoms with Gasteiger partial charge in [-0.3, -0.25) is 4.79 Å². The fourth-order valence-corrected chi connectivity index (χ4v) is 3.06. The monoisotopic (exact) mass is 366 g/mol. The van der Waals surface area contributed by atoms with Crippen molar-refractivity contribution in [1.82, 2.24) is 0 Å². The molecule has 1 heterocycles. The van der Waals surface area contributed by atoms with Crippen LogP contribution >= 0.6 is 11.6 Å². The largest absolute Gasteiger partial charge is 0.458 e. The van der Waals surface area contributed by atoms with Crippen LogP contribution in [-0.2, 0) is 19.1 Å². The fraction of sp³-hybridized carbons (Fsp3) is 0.474. The number of benzene rings is 1. The number of halogens is 1. The predicted octanol–water partition coefficient (Wildman–Crippen LogP) is 3.42. The van der Waals surface area contributed by atoms with Gasteiger partial charge in [-0.05, 0) is 46.3 Å². The van der Waals surface area contributed by atoms with E-state index in [1.165, 1.54) is 6.08 Å². The molecule has 136 valence electrons. The van der Waals surface area contributed by atoms with E-state index in [0.717, 1.165) is 5.56 Å². The molecule has 0 fully saturated rings. The standard InChI is InChI=1S/C19H23ClO5/c1-11-7-6-8-13(9-11)15(20)19(23,17(22)25-18(3,4)5)14-10-12(2)24-16(14)21/h6-10,14-15,23H,1-5H3/t14-,15-,19+/m1/s1. The summed E-state index contributed by atoms with van der Waals surface area (Å²) in [5.41, 5.74) is -1.72. The van der Waals surface area contributed by atoms with Crippen molar-refractivity contribution in [3.05, 3.63) is 47.2 Å². The van der Waals surface area contributed by atoms with Crippen LogP contribution in [0.4, 0.5) is 0 Å². The summed E-state index contributed by atoms with van der Waals surface area (Å²) in [5.74, 6) is -2.63. The van der Waals surface area contributed by atoms with Crippen molar-refractivity contribution in [3.63, 3.8) is 0 Å². The minimum atomic E-state index is -2.29. The van der Waals surface area contributed by atoms with Crippen LogP contribution in [-0.4, -0.2) is 28.2 Å². The summed E-state index contributed by atoms with van der Waals surface area (Å²) in [6, 6.07) is 7.08. The molecule has 1 aromatic carbocycles. The normalized spacial score (nSPS) is 21.2. The third kappa shape index (κ3) is 4.05. The lowest BCUT2D eigenvalue weighted by atomic mass is 9.81. The Hall–Kier alpha value is -1.85. The molecule has 0 aromatic heterocycles. The van der Waals surface area contributed by atoms with E-state index in [-0.39, 0.29) is 0 Å². The number of aliphatic hydroxyl groups is 1. The van der Waals surface area contributed by atoms with Crippen LogP contribution in [0.5, 0.6) is 0 Å². The van der Waals surface area contributed by atoms with Crippen molar-refractivity contribution in [2.24, 2.45) is 5.92 Å². The lowest BCUT2D eigenvalue weighted by Gasteiger charge is -2.35. The molecular formula is C19H23ClO5. The zero-order valence-electron chi connectivity index (χ0n) is 15.0. The summed E-state index contributed by atoms with van der Waals surface area (Å²) in [7, 11) is 0. The SMILES string of the molecule is CC1=C[C@@H]([C@@](O)(C(=O)OC(C)(C)C)[C@H](Cl)c2cccc(C)c2)C(=O)O1. The summed E-state index contributed by atoms with van der Waals surface area (Å²) in [4.78, 5) is 25.0. The number of esters is 2. The van der Waals surface area contributed by atoms with Crippen LogP contribution < -0.4 is 0 Å². The van der Waals surface area contributed by atoms with Crippen molar-refractivity contribution >= 4 is 23.5 Å². The summed E-state index contributed by atoms with van der Waals surface area (Å²) in [6.45, 7) is 8.47. The highest BCUT2D eigenvalue weighted by atomic mass is 35.5. The van der Waals surface area contributed by atoms with E-state index in [1.807, 2.05) is 13.0 Å². The van der Waals surface area contributed by atoms with Crippen LogP contribution in [0, 0.1) is 12.8 Å². The van der Waals surface area contributed by atoms with E-state index in [9.17, 15) is 14.7 Å². The Morgan fingerprint density at radius 1 is 1.32 bits per heavy atom. The molecule has 0 spiro atoms. The van der Waals surface area contributed by atoms with Crippen LogP contribution in [0.2, 0.25) is 0 Å². The van der Waals surface area contributed by atoms with Crippen LogP contribution in [0.15, 0.2) is 36.1 Å². The van der Waals surface area contributed by atoms with E-state index in [2.05, 4.69) is 0 Å². The third-order valence-electron chi connectivity index (χ3n) is 3.84. The summed E-state index contributed by atoms with van der Waals surface area (Å²) >= 11 is 6.51. The number of carbonyl (C=O) groups excluding carboxylic acids is 2. The first-order valence-electron chi connectivity index (χ1n) is 8.01. The number of allylic oxidation sites excluding steroid dienone is 1. The minimum Gasteiger partial charge on any atom is -0.458 e. The molecule has 0 saturated heterocycles. The quantitative estimate of drug-likeness (QED) is 0.653. The summed E-state index contributed by atoms with van der Waals surface area (Å²) < 4.78 is 10.4. The topological polar surface area (TPSA) is 72.8 Å². The highest BCUT2D eigenvalue weighted by Gasteiger charge is 2.57. The Labute approximate surface area is 152 Å². The molecule has 25 heavy (non-hydrogen) atoms. The number of carbonyl (C=O) groups is 2. The Morgan fingerprint density at radius 3 is 2.44 bits per heavy atom. The first kappa shape index (κ1) is 19.5. The van der Waals surface area contributed by atoms with Crippen molar-refractivity contribution in [2.45, 2.75) is 51.2 Å². The maximum absolute atomic E-state index is 12.8. The second-order valence-corrected chi connectivity index (χ2v) is 7.72. The van der Waals surface area contributed by atoms with E-state index in [1.54, 1.807) is 45.9 Å². The van der Waals surface area contributed by atoms with Crippen LogP contribution in [0.25, 0.3) is 0 Å². The van der Waals surface area contributed by atoms with Gasteiger partial charge >= 0.3 is 11.9 Å².